The van der Waals surface area contributed by atoms with Gasteiger partial charge in [0.25, 0.3) is 0 Å². The number of nitro groups is 1. The highest BCUT2D eigenvalue weighted by Gasteiger charge is 2.27. The maximum Gasteiger partial charge on any atom is 0.334 e. The lowest BCUT2D eigenvalue weighted by Crippen LogP contribution is -2.46. The van der Waals surface area contributed by atoms with Gasteiger partial charge in [0.2, 0.25) is 0 Å². The van der Waals surface area contributed by atoms with E-state index >= 15 is 0 Å². The highest BCUT2D eigenvalue weighted by Crippen LogP contribution is 2.31. The standard InChI is InChI=1S/C12H14N2O6/c1-19-10-6-8(2-3-9(10)14(17)18)13-4-5-20-11(7-13)12(15)16/h2-3,6,11H,4-5,7H2,1H3,(H,15,16). The molecule has 0 saturated carbocycles. The third-order valence-corrected chi connectivity index (χ3v) is 3.07. The summed E-state index contributed by atoms with van der Waals surface area (Å²) in [6, 6.07) is 4.45. The lowest BCUT2D eigenvalue weighted by atomic mass is 10.2. The zero-order valence-electron chi connectivity index (χ0n) is 10.8. The van der Waals surface area contributed by atoms with Crippen molar-refractivity contribution in [1.29, 1.82) is 0 Å². The number of rotatable bonds is 4. The Kier molecular flexibility index (Phi) is 4.04. The number of benzene rings is 1. The van der Waals surface area contributed by atoms with E-state index in [1.807, 2.05) is 0 Å². The van der Waals surface area contributed by atoms with Crippen LogP contribution in [-0.2, 0) is 9.53 Å². The maximum atomic E-state index is 10.9. The van der Waals surface area contributed by atoms with Crippen molar-refractivity contribution in [2.75, 3.05) is 31.7 Å². The molecule has 1 atom stereocenters. The molecule has 0 aliphatic carbocycles. The summed E-state index contributed by atoms with van der Waals surface area (Å²) in [4.78, 5) is 23.0. The molecule has 108 valence electrons. The average molecular weight is 282 g/mol. The van der Waals surface area contributed by atoms with E-state index in [1.54, 1.807) is 11.0 Å². The van der Waals surface area contributed by atoms with Crippen LogP contribution in [0.5, 0.6) is 5.75 Å². The number of hydrogen-bond acceptors (Lipinski definition) is 6. The Labute approximate surface area is 114 Å². The van der Waals surface area contributed by atoms with Gasteiger partial charge in [-0.05, 0) is 6.07 Å². The van der Waals surface area contributed by atoms with Crippen molar-refractivity contribution in [3.63, 3.8) is 0 Å². The van der Waals surface area contributed by atoms with Crippen LogP contribution < -0.4 is 9.64 Å². The van der Waals surface area contributed by atoms with Gasteiger partial charge >= 0.3 is 11.7 Å². The SMILES string of the molecule is COc1cc(N2CCOC(C(=O)O)C2)ccc1[N+](=O)[O-]. The number of hydrogen-bond donors (Lipinski definition) is 1. The molecule has 8 heteroatoms. The summed E-state index contributed by atoms with van der Waals surface area (Å²) in [5.41, 5.74) is 0.543. The Hall–Kier alpha value is -2.35. The predicted molar refractivity (Wildman–Crippen MR) is 69.2 cm³/mol. The average Bonchev–Trinajstić information content (AvgIpc) is 2.46. The molecule has 0 aromatic heterocycles. The number of carboxylic acids is 1. The molecule has 0 amide bonds. The number of ether oxygens (including phenoxy) is 2. The van der Waals surface area contributed by atoms with Crippen molar-refractivity contribution >= 4 is 17.3 Å². The van der Waals surface area contributed by atoms with Crippen LogP contribution in [0.1, 0.15) is 0 Å². The number of methoxy groups -OCH3 is 1. The maximum absolute atomic E-state index is 10.9. The number of nitro benzene ring substituents is 1. The predicted octanol–water partition coefficient (Wildman–Crippen LogP) is 0.893. The summed E-state index contributed by atoms with van der Waals surface area (Å²) in [5.74, 6) is -0.880. The van der Waals surface area contributed by atoms with Gasteiger partial charge in [-0.1, -0.05) is 0 Å². The van der Waals surface area contributed by atoms with E-state index in [0.717, 1.165) is 0 Å². The van der Waals surface area contributed by atoms with Gasteiger partial charge < -0.3 is 19.5 Å². The lowest BCUT2D eigenvalue weighted by Gasteiger charge is -2.32. The smallest absolute Gasteiger partial charge is 0.334 e. The summed E-state index contributed by atoms with van der Waals surface area (Å²) in [7, 11) is 1.35. The molecule has 1 N–H and O–H groups in total. The van der Waals surface area contributed by atoms with Gasteiger partial charge in [-0.3, -0.25) is 10.1 Å². The van der Waals surface area contributed by atoms with Crippen LogP contribution in [0.4, 0.5) is 11.4 Å². The molecule has 1 aromatic rings. The minimum Gasteiger partial charge on any atom is -0.490 e. The van der Waals surface area contributed by atoms with E-state index in [1.165, 1.54) is 19.2 Å². The second kappa shape index (κ2) is 5.74. The topological polar surface area (TPSA) is 102 Å². The molecule has 8 nitrogen and oxygen atoms in total. The van der Waals surface area contributed by atoms with Gasteiger partial charge in [0, 0.05) is 24.4 Å². The molecular weight excluding hydrogens is 268 g/mol. The third kappa shape index (κ3) is 2.80. The molecule has 1 heterocycles. The second-order valence-corrected chi connectivity index (χ2v) is 4.26. The van der Waals surface area contributed by atoms with E-state index in [2.05, 4.69) is 0 Å². The first-order chi connectivity index (χ1) is 9.52. The van der Waals surface area contributed by atoms with Crippen LogP contribution in [0.25, 0.3) is 0 Å². The molecule has 0 spiro atoms. The van der Waals surface area contributed by atoms with Crippen LogP contribution >= 0.6 is 0 Å². The van der Waals surface area contributed by atoms with Gasteiger partial charge in [0.05, 0.1) is 25.2 Å². The van der Waals surface area contributed by atoms with Crippen molar-refractivity contribution in [2.45, 2.75) is 6.10 Å². The van der Waals surface area contributed by atoms with Crippen LogP contribution in [0, 0.1) is 10.1 Å². The molecule has 1 fully saturated rings. The zero-order valence-corrected chi connectivity index (χ0v) is 10.8. The Morgan fingerprint density at radius 3 is 2.95 bits per heavy atom. The highest BCUT2D eigenvalue weighted by atomic mass is 16.6. The molecule has 0 bridgehead atoms. The molecule has 1 saturated heterocycles. The molecule has 20 heavy (non-hydrogen) atoms. The third-order valence-electron chi connectivity index (χ3n) is 3.07. The molecule has 1 aromatic carbocycles. The van der Waals surface area contributed by atoms with Crippen molar-refractivity contribution in [3.05, 3.63) is 28.3 Å². The van der Waals surface area contributed by atoms with Gasteiger partial charge in [-0.15, -0.1) is 0 Å². The molecule has 1 aliphatic rings. The Balaban J connectivity index is 2.24. The van der Waals surface area contributed by atoms with Crippen molar-refractivity contribution in [1.82, 2.24) is 0 Å². The van der Waals surface area contributed by atoms with Crippen LogP contribution in [0.2, 0.25) is 0 Å². The first kappa shape index (κ1) is 14.1. The number of aliphatic carboxylic acids is 1. The summed E-state index contributed by atoms with van der Waals surface area (Å²) >= 11 is 0. The van der Waals surface area contributed by atoms with Crippen molar-refractivity contribution in [2.24, 2.45) is 0 Å². The normalized spacial score (nSPS) is 18.6. The first-order valence-electron chi connectivity index (χ1n) is 5.94. The van der Waals surface area contributed by atoms with Crippen LogP contribution in [0.15, 0.2) is 18.2 Å². The minimum absolute atomic E-state index is 0.126. The Bertz CT molecular complexity index is 533. The molecule has 1 unspecified atom stereocenters. The van der Waals surface area contributed by atoms with Gasteiger partial charge in [-0.2, -0.15) is 0 Å². The fourth-order valence-corrected chi connectivity index (χ4v) is 2.05. The monoisotopic (exact) mass is 282 g/mol. The van der Waals surface area contributed by atoms with E-state index in [-0.39, 0.29) is 24.6 Å². The quantitative estimate of drug-likeness (QED) is 0.646. The number of carboxylic acid groups (broad SMARTS) is 1. The summed E-state index contributed by atoms with van der Waals surface area (Å²) in [6.07, 6.45) is -0.898. The van der Waals surface area contributed by atoms with Gasteiger partial charge in [0.1, 0.15) is 0 Å². The van der Waals surface area contributed by atoms with E-state index in [0.29, 0.717) is 12.2 Å². The lowest BCUT2D eigenvalue weighted by molar-refractivity contribution is -0.385. The Morgan fingerprint density at radius 2 is 2.35 bits per heavy atom. The minimum atomic E-state index is -1.02. The molecular formula is C12H14N2O6. The summed E-state index contributed by atoms with van der Waals surface area (Å²) < 4.78 is 10.1. The first-order valence-corrected chi connectivity index (χ1v) is 5.94. The number of nitrogens with zero attached hydrogens (tertiary/aromatic N) is 2. The number of morpholine rings is 1. The zero-order chi connectivity index (χ0) is 14.7. The van der Waals surface area contributed by atoms with E-state index < -0.39 is 17.0 Å². The fourth-order valence-electron chi connectivity index (χ4n) is 2.05. The van der Waals surface area contributed by atoms with Gasteiger partial charge in [-0.25, -0.2) is 4.79 Å². The highest BCUT2D eigenvalue weighted by molar-refractivity contribution is 5.74. The Morgan fingerprint density at radius 1 is 1.60 bits per heavy atom. The van der Waals surface area contributed by atoms with E-state index in [4.69, 9.17) is 14.6 Å². The van der Waals surface area contributed by atoms with Crippen molar-refractivity contribution < 1.29 is 24.3 Å². The van der Waals surface area contributed by atoms with Crippen LogP contribution in [-0.4, -0.2) is 48.9 Å². The fraction of sp³-hybridized carbons (Fsp3) is 0.417. The molecule has 2 rings (SSSR count). The largest absolute Gasteiger partial charge is 0.490 e. The van der Waals surface area contributed by atoms with Crippen LogP contribution in [0.3, 0.4) is 0 Å². The summed E-state index contributed by atoms with van der Waals surface area (Å²) in [5, 5.41) is 19.8. The van der Waals surface area contributed by atoms with E-state index in [9.17, 15) is 14.9 Å². The van der Waals surface area contributed by atoms with Gasteiger partial charge in [0.15, 0.2) is 11.9 Å². The second-order valence-electron chi connectivity index (χ2n) is 4.26. The van der Waals surface area contributed by atoms with Crippen molar-refractivity contribution in [3.8, 4) is 5.75 Å². The number of anilines is 1. The number of carbonyl (C=O) groups is 1. The molecule has 1 aliphatic heterocycles. The molecule has 0 radical (unpaired) electrons. The summed E-state index contributed by atoms with van der Waals surface area (Å²) in [6.45, 7) is 0.997.